The van der Waals surface area contributed by atoms with Crippen LogP contribution in [-0.2, 0) is 20.7 Å². The number of nitrogens with zero attached hydrogens (tertiary/aromatic N) is 1. The zero-order valence-corrected chi connectivity index (χ0v) is 16.0. The average molecular weight is 370 g/mol. The van der Waals surface area contributed by atoms with Crippen LogP contribution in [-0.4, -0.2) is 50.6 Å². The number of hydrogen-bond donors (Lipinski definition) is 1. The highest BCUT2D eigenvalue weighted by atomic mass is 16.5. The molecule has 0 radical (unpaired) electrons. The van der Waals surface area contributed by atoms with Gasteiger partial charge in [0.05, 0.1) is 13.2 Å². The molecule has 2 rings (SSSR count). The monoisotopic (exact) mass is 370 g/mol. The second kappa shape index (κ2) is 10.3. The Labute approximate surface area is 160 Å². The highest BCUT2D eigenvalue weighted by Crippen LogP contribution is 2.13. The van der Waals surface area contributed by atoms with E-state index in [1.165, 1.54) is 4.90 Å². The van der Waals surface area contributed by atoms with E-state index in [1.807, 2.05) is 55.5 Å². The van der Waals surface area contributed by atoms with Crippen LogP contribution in [0, 0.1) is 6.92 Å². The molecule has 0 atom stereocenters. The molecule has 0 aliphatic heterocycles. The summed E-state index contributed by atoms with van der Waals surface area (Å²) >= 11 is 0. The van der Waals surface area contributed by atoms with Crippen molar-refractivity contribution in [2.24, 2.45) is 0 Å². The van der Waals surface area contributed by atoms with E-state index in [0.29, 0.717) is 18.0 Å². The van der Waals surface area contributed by atoms with Gasteiger partial charge in [0.1, 0.15) is 5.75 Å². The predicted molar refractivity (Wildman–Crippen MR) is 105 cm³/mol. The molecule has 0 unspecified atom stereocenters. The largest absolute Gasteiger partial charge is 0.484 e. The van der Waals surface area contributed by atoms with Crippen LogP contribution in [0.1, 0.15) is 11.1 Å². The van der Waals surface area contributed by atoms with Gasteiger partial charge >= 0.3 is 0 Å². The Morgan fingerprint density at radius 1 is 1.04 bits per heavy atom. The summed E-state index contributed by atoms with van der Waals surface area (Å²) in [5.41, 5.74) is 2.96. The topological polar surface area (TPSA) is 67.9 Å². The first-order chi connectivity index (χ1) is 13.0. The fraction of sp³-hybridized carbons (Fsp3) is 0.333. The first-order valence-corrected chi connectivity index (χ1v) is 8.79. The Kier molecular flexibility index (Phi) is 7.82. The van der Waals surface area contributed by atoms with Crippen LogP contribution in [0.4, 0.5) is 5.69 Å². The van der Waals surface area contributed by atoms with E-state index >= 15 is 0 Å². The third kappa shape index (κ3) is 7.11. The number of amides is 2. The molecule has 0 heterocycles. The van der Waals surface area contributed by atoms with Crippen molar-refractivity contribution in [3.8, 4) is 5.75 Å². The van der Waals surface area contributed by atoms with Crippen LogP contribution >= 0.6 is 0 Å². The lowest BCUT2D eigenvalue weighted by molar-refractivity contribution is -0.135. The number of ether oxygens (including phenoxy) is 2. The summed E-state index contributed by atoms with van der Waals surface area (Å²) < 4.78 is 10.5. The van der Waals surface area contributed by atoms with E-state index in [-0.39, 0.29) is 25.0 Å². The third-order valence-electron chi connectivity index (χ3n) is 4.02. The van der Waals surface area contributed by atoms with Crippen LogP contribution in [0.15, 0.2) is 48.5 Å². The molecule has 144 valence electrons. The average Bonchev–Trinajstić information content (AvgIpc) is 2.67. The molecule has 6 nitrogen and oxygen atoms in total. The van der Waals surface area contributed by atoms with Crippen molar-refractivity contribution in [1.29, 1.82) is 0 Å². The van der Waals surface area contributed by atoms with Gasteiger partial charge in [0.15, 0.2) is 6.61 Å². The van der Waals surface area contributed by atoms with Crippen molar-refractivity contribution in [1.82, 2.24) is 4.90 Å². The molecule has 0 aromatic heterocycles. The Hall–Kier alpha value is -2.86. The van der Waals surface area contributed by atoms with Gasteiger partial charge in [-0.15, -0.1) is 0 Å². The van der Waals surface area contributed by atoms with Gasteiger partial charge in [-0.25, -0.2) is 0 Å². The summed E-state index contributed by atoms with van der Waals surface area (Å²) in [4.78, 5) is 25.6. The maximum atomic E-state index is 12.2. The van der Waals surface area contributed by atoms with Crippen molar-refractivity contribution in [2.45, 2.75) is 13.3 Å². The fourth-order valence-corrected chi connectivity index (χ4v) is 2.37. The summed E-state index contributed by atoms with van der Waals surface area (Å²) in [6.45, 7) is 2.48. The van der Waals surface area contributed by atoms with Crippen LogP contribution in [0.25, 0.3) is 0 Å². The first-order valence-electron chi connectivity index (χ1n) is 8.79. The number of benzene rings is 2. The molecular formula is C21H26N2O4. The quantitative estimate of drug-likeness (QED) is 0.737. The zero-order valence-electron chi connectivity index (χ0n) is 16.0. The van der Waals surface area contributed by atoms with Gasteiger partial charge < -0.3 is 19.7 Å². The number of carbonyl (C=O) groups is 2. The van der Waals surface area contributed by atoms with Crippen LogP contribution < -0.4 is 10.1 Å². The van der Waals surface area contributed by atoms with Gasteiger partial charge in [-0.3, -0.25) is 9.59 Å². The lowest BCUT2D eigenvalue weighted by Gasteiger charge is -2.17. The number of hydrogen-bond acceptors (Lipinski definition) is 4. The molecule has 27 heavy (non-hydrogen) atoms. The van der Waals surface area contributed by atoms with Crippen molar-refractivity contribution in [3.05, 3.63) is 59.7 Å². The molecule has 0 spiro atoms. The highest BCUT2D eigenvalue weighted by Gasteiger charge is 2.14. The van der Waals surface area contributed by atoms with Gasteiger partial charge in [0.25, 0.3) is 5.91 Å². The number of carbonyl (C=O) groups excluding carboxylic acids is 2. The Bertz CT molecular complexity index is 742. The summed E-state index contributed by atoms with van der Waals surface area (Å²) in [5, 5.41) is 2.77. The van der Waals surface area contributed by atoms with Crippen LogP contribution in [0.3, 0.4) is 0 Å². The molecule has 1 N–H and O–H groups in total. The minimum absolute atomic E-state index is 0.0357. The highest BCUT2D eigenvalue weighted by molar-refractivity contribution is 5.94. The normalized spacial score (nSPS) is 10.3. The smallest absolute Gasteiger partial charge is 0.260 e. The van der Waals surface area contributed by atoms with Gasteiger partial charge in [0.2, 0.25) is 5.91 Å². The maximum Gasteiger partial charge on any atom is 0.260 e. The molecule has 0 bridgehead atoms. The van der Waals surface area contributed by atoms with E-state index in [1.54, 1.807) is 14.2 Å². The fourth-order valence-electron chi connectivity index (χ4n) is 2.37. The molecule has 2 aromatic rings. The number of rotatable bonds is 9. The van der Waals surface area contributed by atoms with Crippen molar-refractivity contribution >= 4 is 17.5 Å². The second-order valence-corrected chi connectivity index (χ2v) is 6.34. The van der Waals surface area contributed by atoms with E-state index in [4.69, 9.17) is 9.47 Å². The molecule has 0 saturated heterocycles. The second-order valence-electron chi connectivity index (χ2n) is 6.34. The predicted octanol–water partition coefficient (Wildman–Crippen LogP) is 2.66. The van der Waals surface area contributed by atoms with E-state index in [0.717, 1.165) is 17.5 Å². The van der Waals surface area contributed by atoms with Gasteiger partial charge in [-0.2, -0.15) is 0 Å². The first kappa shape index (κ1) is 20.5. The number of nitrogens with one attached hydrogen (secondary N) is 1. The Morgan fingerprint density at radius 3 is 2.33 bits per heavy atom. The summed E-state index contributed by atoms with van der Waals surface area (Å²) in [6.07, 6.45) is 0.828. The lowest BCUT2D eigenvalue weighted by atomic mass is 10.1. The van der Waals surface area contributed by atoms with E-state index in [9.17, 15) is 9.59 Å². The van der Waals surface area contributed by atoms with Gasteiger partial charge in [0, 0.05) is 19.8 Å². The number of anilines is 1. The molecule has 2 amide bonds. The molecule has 0 aliphatic rings. The summed E-state index contributed by atoms with van der Waals surface area (Å²) in [6, 6.07) is 15.0. The molecular weight excluding hydrogens is 344 g/mol. The van der Waals surface area contributed by atoms with Gasteiger partial charge in [-0.1, -0.05) is 29.8 Å². The van der Waals surface area contributed by atoms with Crippen molar-refractivity contribution in [3.63, 3.8) is 0 Å². The lowest BCUT2D eigenvalue weighted by Crippen LogP contribution is -2.37. The summed E-state index contributed by atoms with van der Waals surface area (Å²) in [7, 11) is 3.24. The Balaban J connectivity index is 1.76. The van der Waals surface area contributed by atoms with E-state index in [2.05, 4.69) is 5.32 Å². The SMILES string of the molecule is COCCc1ccc(OCC(=O)N(C)CC(=O)Nc2ccc(C)cc2)cc1. The molecule has 0 fully saturated rings. The van der Waals surface area contributed by atoms with Crippen molar-refractivity contribution < 1.29 is 19.1 Å². The van der Waals surface area contributed by atoms with Gasteiger partial charge in [-0.05, 0) is 43.2 Å². The zero-order chi connectivity index (χ0) is 19.6. The van der Waals surface area contributed by atoms with E-state index < -0.39 is 0 Å². The molecule has 0 saturated carbocycles. The Morgan fingerprint density at radius 2 is 1.70 bits per heavy atom. The maximum absolute atomic E-state index is 12.2. The minimum Gasteiger partial charge on any atom is -0.484 e. The number of aryl methyl sites for hydroxylation is 1. The standard InChI is InChI=1S/C21H26N2O4/c1-16-4-8-18(9-5-16)22-20(24)14-23(2)21(25)15-27-19-10-6-17(7-11-19)12-13-26-3/h4-11H,12-15H2,1-3H3,(H,22,24). The summed E-state index contributed by atoms with van der Waals surface area (Å²) in [5.74, 6) is 0.0942. The molecule has 2 aromatic carbocycles. The van der Waals surface area contributed by atoms with Crippen molar-refractivity contribution in [2.75, 3.05) is 39.2 Å². The molecule has 0 aliphatic carbocycles. The third-order valence-corrected chi connectivity index (χ3v) is 4.02. The van der Waals surface area contributed by atoms with Crippen LogP contribution in [0.5, 0.6) is 5.75 Å². The molecule has 6 heteroatoms. The number of methoxy groups -OCH3 is 1. The number of likely N-dealkylation sites (N-methyl/N-ethyl adjacent to an activating group) is 1. The van der Waals surface area contributed by atoms with Crippen LogP contribution in [0.2, 0.25) is 0 Å². The minimum atomic E-state index is -0.266.